The summed E-state index contributed by atoms with van der Waals surface area (Å²) < 4.78 is 0. The molecule has 7 heteroatoms. The second kappa shape index (κ2) is 5.61. The molecule has 1 amide bonds. The summed E-state index contributed by atoms with van der Waals surface area (Å²) in [7, 11) is 0. The summed E-state index contributed by atoms with van der Waals surface area (Å²) in [6, 6.07) is 3.11. The van der Waals surface area contributed by atoms with Crippen LogP contribution in [0.2, 0.25) is 10.0 Å². The molecular formula is C12H12Cl2N2O2S. The number of amides is 1. The van der Waals surface area contributed by atoms with Crippen molar-refractivity contribution < 1.29 is 9.59 Å². The first-order chi connectivity index (χ1) is 8.88. The second-order valence-electron chi connectivity index (χ2n) is 4.27. The molecule has 1 saturated heterocycles. The van der Waals surface area contributed by atoms with E-state index in [1.54, 1.807) is 11.0 Å². The minimum Gasteiger partial charge on any atom is -0.397 e. The van der Waals surface area contributed by atoms with Crippen LogP contribution in [-0.2, 0) is 9.59 Å². The number of carbonyl (C=O) groups is 2. The van der Waals surface area contributed by atoms with Gasteiger partial charge in [0.05, 0.1) is 21.4 Å². The fourth-order valence-corrected chi connectivity index (χ4v) is 3.33. The molecule has 1 heterocycles. The summed E-state index contributed by atoms with van der Waals surface area (Å²) >= 11 is 13.2. The van der Waals surface area contributed by atoms with E-state index in [1.807, 2.05) is 0 Å². The van der Waals surface area contributed by atoms with E-state index >= 15 is 0 Å². The second-order valence-corrected chi connectivity index (χ2v) is 6.56. The molecule has 1 aliphatic heterocycles. The first-order valence-electron chi connectivity index (χ1n) is 5.60. The lowest BCUT2D eigenvalue weighted by Crippen LogP contribution is -2.25. The number of thioether (sulfide) groups is 1. The van der Waals surface area contributed by atoms with Gasteiger partial charge in [-0.2, -0.15) is 0 Å². The topological polar surface area (TPSA) is 63.4 Å². The van der Waals surface area contributed by atoms with Gasteiger partial charge < -0.3 is 10.6 Å². The number of benzene rings is 1. The van der Waals surface area contributed by atoms with Gasteiger partial charge in [0, 0.05) is 25.1 Å². The Balaban J connectivity index is 2.25. The molecular weight excluding hydrogens is 307 g/mol. The summed E-state index contributed by atoms with van der Waals surface area (Å²) in [5.41, 5.74) is 6.56. The SMILES string of the molecule is CC(=O)SC1CC(=O)N(c2cc(Cl)c(N)cc2Cl)C1. The third kappa shape index (κ3) is 3.16. The number of nitrogens with zero attached hydrogens (tertiary/aromatic N) is 1. The highest BCUT2D eigenvalue weighted by Gasteiger charge is 2.33. The zero-order chi connectivity index (χ0) is 14.2. The van der Waals surface area contributed by atoms with Gasteiger partial charge in [-0.15, -0.1) is 0 Å². The van der Waals surface area contributed by atoms with E-state index in [2.05, 4.69) is 0 Å². The molecule has 2 N–H and O–H groups in total. The van der Waals surface area contributed by atoms with E-state index < -0.39 is 0 Å². The first-order valence-corrected chi connectivity index (χ1v) is 7.24. The molecule has 1 unspecified atom stereocenters. The zero-order valence-corrected chi connectivity index (χ0v) is 12.5. The molecule has 4 nitrogen and oxygen atoms in total. The maximum Gasteiger partial charge on any atom is 0.228 e. The number of hydrogen-bond acceptors (Lipinski definition) is 4. The molecule has 0 spiro atoms. The van der Waals surface area contributed by atoms with Crippen LogP contribution in [-0.4, -0.2) is 22.8 Å². The van der Waals surface area contributed by atoms with Crippen molar-refractivity contribution in [1.82, 2.24) is 0 Å². The van der Waals surface area contributed by atoms with Gasteiger partial charge in [0.25, 0.3) is 0 Å². The molecule has 2 rings (SSSR count). The molecule has 19 heavy (non-hydrogen) atoms. The molecule has 0 radical (unpaired) electrons. The molecule has 1 atom stereocenters. The minimum absolute atomic E-state index is 0.00101. The number of carbonyl (C=O) groups excluding carboxylic acids is 2. The maximum absolute atomic E-state index is 12.0. The highest BCUT2D eigenvalue weighted by Crippen LogP contribution is 2.37. The summed E-state index contributed by atoms with van der Waals surface area (Å²) in [5, 5.41) is 0.692. The average molecular weight is 319 g/mol. The van der Waals surface area contributed by atoms with Crippen molar-refractivity contribution in [1.29, 1.82) is 0 Å². The van der Waals surface area contributed by atoms with Crippen LogP contribution in [0.4, 0.5) is 11.4 Å². The highest BCUT2D eigenvalue weighted by molar-refractivity contribution is 8.14. The number of hydrogen-bond donors (Lipinski definition) is 1. The van der Waals surface area contributed by atoms with Crippen molar-refractivity contribution >= 4 is 57.4 Å². The number of anilines is 2. The van der Waals surface area contributed by atoms with Gasteiger partial charge in [0.15, 0.2) is 5.12 Å². The van der Waals surface area contributed by atoms with Gasteiger partial charge in [-0.3, -0.25) is 9.59 Å². The summed E-state index contributed by atoms with van der Waals surface area (Å²) in [6.45, 7) is 1.94. The number of halogens is 2. The molecule has 0 saturated carbocycles. The van der Waals surface area contributed by atoms with Crippen LogP contribution in [0.5, 0.6) is 0 Å². The Bertz CT molecular complexity index is 551. The molecule has 0 aromatic heterocycles. The van der Waals surface area contributed by atoms with Crippen molar-refractivity contribution in [2.24, 2.45) is 0 Å². The zero-order valence-electron chi connectivity index (χ0n) is 10.2. The maximum atomic E-state index is 12.0. The van der Waals surface area contributed by atoms with Gasteiger partial charge in [0.2, 0.25) is 5.91 Å². The number of nitrogen functional groups attached to an aromatic ring is 1. The van der Waals surface area contributed by atoms with E-state index in [9.17, 15) is 9.59 Å². The fourth-order valence-electron chi connectivity index (χ4n) is 1.98. The van der Waals surface area contributed by atoms with Crippen molar-refractivity contribution in [2.75, 3.05) is 17.2 Å². The van der Waals surface area contributed by atoms with Crippen LogP contribution >= 0.6 is 35.0 Å². The van der Waals surface area contributed by atoms with Gasteiger partial charge in [-0.05, 0) is 12.1 Å². The average Bonchev–Trinajstić information content (AvgIpc) is 2.63. The molecule has 1 aromatic carbocycles. The standard InChI is InChI=1S/C12H12Cl2N2O2S/c1-6(17)19-7-2-12(18)16(5-7)11-4-8(13)10(15)3-9(11)14/h3-4,7H,2,5,15H2,1H3. The summed E-state index contributed by atoms with van der Waals surface area (Å²) in [5.74, 6) is -0.0681. The molecule has 1 aliphatic rings. The van der Waals surface area contributed by atoms with E-state index in [0.717, 1.165) is 0 Å². The van der Waals surface area contributed by atoms with Gasteiger partial charge in [-0.25, -0.2) is 0 Å². The Morgan fingerprint density at radius 2 is 2.11 bits per heavy atom. The van der Waals surface area contributed by atoms with Crippen LogP contribution < -0.4 is 10.6 Å². The fraction of sp³-hybridized carbons (Fsp3) is 0.333. The van der Waals surface area contributed by atoms with Crippen molar-refractivity contribution in [3.05, 3.63) is 22.2 Å². The summed E-state index contributed by atoms with van der Waals surface area (Å²) in [4.78, 5) is 24.6. The molecule has 0 bridgehead atoms. The lowest BCUT2D eigenvalue weighted by atomic mass is 10.2. The minimum atomic E-state index is -0.0681. The van der Waals surface area contributed by atoms with Crippen LogP contribution in [0.25, 0.3) is 0 Å². The Kier molecular flexibility index (Phi) is 4.28. The van der Waals surface area contributed by atoms with Crippen LogP contribution in [0.15, 0.2) is 12.1 Å². The van der Waals surface area contributed by atoms with Crippen molar-refractivity contribution in [2.45, 2.75) is 18.6 Å². The molecule has 0 aliphatic carbocycles. The Hall–Kier alpha value is -0.910. The largest absolute Gasteiger partial charge is 0.397 e. The number of rotatable bonds is 2. The molecule has 102 valence electrons. The smallest absolute Gasteiger partial charge is 0.228 e. The number of nitrogens with two attached hydrogens (primary N) is 1. The normalized spacial score (nSPS) is 19.0. The monoisotopic (exact) mass is 318 g/mol. The van der Waals surface area contributed by atoms with E-state index in [4.69, 9.17) is 28.9 Å². The van der Waals surface area contributed by atoms with Crippen LogP contribution in [0.1, 0.15) is 13.3 Å². The van der Waals surface area contributed by atoms with Gasteiger partial charge in [0.1, 0.15) is 0 Å². The molecule has 1 aromatic rings. The third-order valence-electron chi connectivity index (χ3n) is 2.78. The van der Waals surface area contributed by atoms with Crippen molar-refractivity contribution in [3.63, 3.8) is 0 Å². The Labute approximate surface area is 125 Å². The first kappa shape index (κ1) is 14.5. The lowest BCUT2D eigenvalue weighted by Gasteiger charge is -2.18. The summed E-state index contributed by atoms with van der Waals surface area (Å²) in [6.07, 6.45) is 0.322. The Morgan fingerprint density at radius 3 is 2.74 bits per heavy atom. The predicted molar refractivity (Wildman–Crippen MR) is 79.9 cm³/mol. The van der Waals surface area contributed by atoms with Gasteiger partial charge >= 0.3 is 0 Å². The van der Waals surface area contributed by atoms with E-state index in [-0.39, 0.29) is 16.3 Å². The van der Waals surface area contributed by atoms with Crippen LogP contribution in [0.3, 0.4) is 0 Å². The quantitative estimate of drug-likeness (QED) is 0.851. The molecule has 1 fully saturated rings. The predicted octanol–water partition coefficient (Wildman–Crippen LogP) is 2.96. The van der Waals surface area contributed by atoms with Crippen LogP contribution in [0, 0.1) is 0 Å². The van der Waals surface area contributed by atoms with E-state index in [1.165, 1.54) is 24.8 Å². The highest BCUT2D eigenvalue weighted by atomic mass is 35.5. The third-order valence-corrected chi connectivity index (χ3v) is 4.39. The van der Waals surface area contributed by atoms with Gasteiger partial charge in [-0.1, -0.05) is 35.0 Å². The Morgan fingerprint density at radius 1 is 1.42 bits per heavy atom. The van der Waals surface area contributed by atoms with E-state index in [0.29, 0.717) is 34.4 Å². The van der Waals surface area contributed by atoms with Crippen molar-refractivity contribution in [3.8, 4) is 0 Å². The lowest BCUT2D eigenvalue weighted by molar-refractivity contribution is -0.117.